The normalized spacial score (nSPS) is 10.5. The van der Waals surface area contributed by atoms with Crippen LogP contribution in [0.2, 0.25) is 0 Å². The second-order valence-electron chi connectivity index (χ2n) is 11.7. The number of carbonyl (C=O) groups is 5. The molecule has 0 unspecified atom stereocenters. The van der Waals surface area contributed by atoms with Crippen molar-refractivity contribution in [1.29, 1.82) is 0 Å². The number of anilines is 4. The van der Waals surface area contributed by atoms with E-state index in [1.54, 1.807) is 113 Å². The van der Waals surface area contributed by atoms with Gasteiger partial charge in [0.05, 0.1) is 5.56 Å². The summed E-state index contributed by atoms with van der Waals surface area (Å²) >= 11 is 0. The van der Waals surface area contributed by atoms with E-state index >= 15 is 0 Å². The molecule has 0 spiro atoms. The van der Waals surface area contributed by atoms with E-state index in [4.69, 9.17) is 9.84 Å². The lowest BCUT2D eigenvalue weighted by atomic mass is 10.1. The third kappa shape index (κ3) is 8.28. The van der Waals surface area contributed by atoms with Gasteiger partial charge in [-0.2, -0.15) is 0 Å². The highest BCUT2D eigenvalue weighted by Gasteiger charge is 2.20. The first kappa shape index (κ1) is 35.6. The van der Waals surface area contributed by atoms with Crippen molar-refractivity contribution in [2.75, 3.05) is 47.8 Å². The molecule has 0 aliphatic rings. The van der Waals surface area contributed by atoms with Crippen LogP contribution < -0.4 is 19.6 Å². The van der Waals surface area contributed by atoms with Crippen LogP contribution in [0.15, 0.2) is 127 Å². The first-order valence-corrected chi connectivity index (χ1v) is 15.9. The summed E-state index contributed by atoms with van der Waals surface area (Å²) in [5.41, 5.74) is 4.46. The Morgan fingerprint density at radius 3 is 1.10 bits per heavy atom. The van der Waals surface area contributed by atoms with Crippen molar-refractivity contribution in [2.45, 2.75) is 6.61 Å². The fourth-order valence-corrected chi connectivity index (χ4v) is 5.16. The molecule has 0 bridgehead atoms. The maximum atomic E-state index is 13.3. The molecule has 4 amide bonds. The number of hydrogen-bond acceptors (Lipinski definition) is 6. The molecular formula is C40H36N4O7. The molecule has 0 saturated heterocycles. The average Bonchev–Trinajstić information content (AvgIpc) is 3.18. The summed E-state index contributed by atoms with van der Waals surface area (Å²) < 4.78 is 5.39. The highest BCUT2D eigenvalue weighted by molar-refractivity contribution is 6.09. The van der Waals surface area contributed by atoms with Gasteiger partial charge in [0.25, 0.3) is 17.7 Å². The number of rotatable bonds is 10. The number of carboxylic acid groups (broad SMARTS) is 1. The summed E-state index contributed by atoms with van der Waals surface area (Å²) in [5.74, 6) is -1.90. The predicted molar refractivity (Wildman–Crippen MR) is 196 cm³/mol. The maximum Gasteiger partial charge on any atom is 0.414 e. The molecule has 5 rings (SSSR count). The average molecular weight is 685 g/mol. The minimum Gasteiger partial charge on any atom is -0.478 e. The molecule has 51 heavy (non-hydrogen) atoms. The van der Waals surface area contributed by atoms with Crippen molar-refractivity contribution in [3.8, 4) is 0 Å². The lowest BCUT2D eigenvalue weighted by Gasteiger charge is -2.21. The molecule has 0 heterocycles. The quantitative estimate of drug-likeness (QED) is 0.168. The molecule has 0 saturated carbocycles. The van der Waals surface area contributed by atoms with E-state index in [1.165, 1.54) is 31.7 Å². The highest BCUT2D eigenvalue weighted by atomic mass is 16.6. The number of carboxylic acids is 1. The topological polar surface area (TPSA) is 128 Å². The molecule has 1 N–H and O–H groups in total. The number of hydrogen-bond donors (Lipinski definition) is 1. The number of aromatic carboxylic acids is 1. The fourth-order valence-electron chi connectivity index (χ4n) is 5.16. The molecule has 5 aromatic rings. The smallest absolute Gasteiger partial charge is 0.414 e. The minimum absolute atomic E-state index is 0.124. The largest absolute Gasteiger partial charge is 0.478 e. The molecule has 0 aromatic heterocycles. The van der Waals surface area contributed by atoms with E-state index in [1.807, 2.05) is 30.3 Å². The van der Waals surface area contributed by atoms with Gasteiger partial charge in [-0.1, -0.05) is 30.3 Å². The molecule has 5 aromatic carbocycles. The van der Waals surface area contributed by atoms with Crippen LogP contribution in [0.3, 0.4) is 0 Å². The summed E-state index contributed by atoms with van der Waals surface area (Å²) in [6.45, 7) is 0.149. The fraction of sp³-hybridized carbons (Fsp3) is 0.125. The summed E-state index contributed by atoms with van der Waals surface area (Å²) in [5, 5.41) is 9.11. The van der Waals surface area contributed by atoms with Gasteiger partial charge in [-0.3, -0.25) is 19.3 Å². The number of carbonyl (C=O) groups excluding carboxylic acids is 4. The van der Waals surface area contributed by atoms with E-state index in [9.17, 15) is 24.0 Å². The Morgan fingerprint density at radius 2 is 0.765 bits per heavy atom. The van der Waals surface area contributed by atoms with Crippen LogP contribution in [-0.4, -0.2) is 63.1 Å². The Hall–Kier alpha value is -6.75. The lowest BCUT2D eigenvalue weighted by Crippen LogP contribution is -2.28. The summed E-state index contributed by atoms with van der Waals surface area (Å²) in [6, 6.07) is 35.2. The standard InChI is InChI=1S/C40H36N4O7/c1-41(32-20-12-29(13-21-32)37(46)43(3)34-24-16-31(17-25-34)39(48)49)36(45)28-10-18-33(19-11-28)42(2)38(47)30-14-22-35(23-15-30)44(4)40(50)51-26-27-8-6-5-7-9-27/h5-25H,26H2,1-4H3,(H,48,49). The van der Waals surface area contributed by atoms with Gasteiger partial charge >= 0.3 is 12.1 Å². The molecular weight excluding hydrogens is 648 g/mol. The summed E-state index contributed by atoms with van der Waals surface area (Å²) in [6.07, 6.45) is -0.519. The van der Waals surface area contributed by atoms with Crippen molar-refractivity contribution in [3.63, 3.8) is 0 Å². The van der Waals surface area contributed by atoms with Gasteiger partial charge in [0.15, 0.2) is 0 Å². The second-order valence-corrected chi connectivity index (χ2v) is 11.7. The van der Waals surface area contributed by atoms with Gasteiger partial charge < -0.3 is 24.5 Å². The van der Waals surface area contributed by atoms with Gasteiger partial charge in [-0.25, -0.2) is 9.59 Å². The number of benzene rings is 5. The zero-order chi connectivity index (χ0) is 36.7. The molecule has 11 nitrogen and oxygen atoms in total. The van der Waals surface area contributed by atoms with Crippen LogP contribution in [0.25, 0.3) is 0 Å². The Morgan fingerprint density at radius 1 is 0.451 bits per heavy atom. The van der Waals surface area contributed by atoms with Crippen molar-refractivity contribution >= 4 is 52.5 Å². The zero-order valence-electron chi connectivity index (χ0n) is 28.5. The molecule has 11 heteroatoms. The van der Waals surface area contributed by atoms with Gasteiger partial charge in [0, 0.05) is 67.6 Å². The van der Waals surface area contributed by atoms with E-state index < -0.39 is 12.1 Å². The number of nitrogens with zero attached hydrogens (tertiary/aromatic N) is 4. The Balaban J connectivity index is 1.17. The monoisotopic (exact) mass is 684 g/mol. The van der Waals surface area contributed by atoms with Gasteiger partial charge in [0.1, 0.15) is 6.61 Å². The molecule has 258 valence electrons. The summed E-state index contributed by atoms with van der Waals surface area (Å²) in [4.78, 5) is 69.0. The maximum absolute atomic E-state index is 13.3. The number of ether oxygens (including phenoxy) is 1. The Labute approximate surface area is 295 Å². The van der Waals surface area contributed by atoms with E-state index in [0.717, 1.165) is 5.56 Å². The first-order valence-electron chi connectivity index (χ1n) is 15.9. The van der Waals surface area contributed by atoms with Crippen LogP contribution in [-0.2, 0) is 11.3 Å². The van der Waals surface area contributed by atoms with Crippen molar-refractivity contribution in [1.82, 2.24) is 0 Å². The van der Waals surface area contributed by atoms with E-state index in [0.29, 0.717) is 39.4 Å². The molecule has 0 radical (unpaired) electrons. The van der Waals surface area contributed by atoms with Crippen LogP contribution in [0.5, 0.6) is 0 Å². The molecule has 0 aliphatic carbocycles. The number of amides is 4. The van der Waals surface area contributed by atoms with E-state index in [-0.39, 0.29) is 29.9 Å². The SMILES string of the molecule is CN(C(=O)OCc1ccccc1)c1ccc(C(=O)N(C)c2ccc(C(=O)N(C)c3ccc(C(=O)N(C)c4ccc(C(=O)O)cc4)cc3)cc2)cc1. The third-order valence-corrected chi connectivity index (χ3v) is 8.40. The van der Waals surface area contributed by atoms with Gasteiger partial charge in [-0.15, -0.1) is 0 Å². The molecule has 0 atom stereocenters. The van der Waals surface area contributed by atoms with E-state index in [2.05, 4.69) is 0 Å². The Kier molecular flexibility index (Phi) is 10.9. The van der Waals surface area contributed by atoms with Crippen LogP contribution in [0, 0.1) is 0 Å². The summed E-state index contributed by atoms with van der Waals surface area (Å²) in [7, 11) is 6.46. The van der Waals surface area contributed by atoms with Crippen LogP contribution >= 0.6 is 0 Å². The molecule has 0 fully saturated rings. The Bertz CT molecular complexity index is 2030. The van der Waals surface area contributed by atoms with Crippen LogP contribution in [0.4, 0.5) is 27.5 Å². The van der Waals surface area contributed by atoms with Crippen molar-refractivity contribution < 1.29 is 33.8 Å². The highest BCUT2D eigenvalue weighted by Crippen LogP contribution is 2.23. The van der Waals surface area contributed by atoms with Crippen molar-refractivity contribution in [2.24, 2.45) is 0 Å². The zero-order valence-corrected chi connectivity index (χ0v) is 28.5. The third-order valence-electron chi connectivity index (χ3n) is 8.40. The minimum atomic E-state index is -1.05. The first-order chi connectivity index (χ1) is 24.4. The van der Waals surface area contributed by atoms with Crippen LogP contribution in [0.1, 0.15) is 47.0 Å². The second kappa shape index (κ2) is 15.6. The van der Waals surface area contributed by atoms with Gasteiger partial charge in [0.2, 0.25) is 0 Å². The van der Waals surface area contributed by atoms with Crippen molar-refractivity contribution in [3.05, 3.63) is 155 Å². The predicted octanol–water partition coefficient (Wildman–Crippen LogP) is 6.99. The lowest BCUT2D eigenvalue weighted by molar-refractivity contribution is 0.0696. The molecule has 0 aliphatic heterocycles. The van der Waals surface area contributed by atoms with Gasteiger partial charge in [-0.05, 0) is 103 Å².